The molecule has 0 saturated carbocycles. The lowest BCUT2D eigenvalue weighted by molar-refractivity contribution is -0.117. The number of methoxy groups -OCH3 is 1. The van der Waals surface area contributed by atoms with E-state index >= 15 is 0 Å². The molecule has 0 amide bonds. The summed E-state index contributed by atoms with van der Waals surface area (Å²) in [5.41, 5.74) is 0.830. The fourth-order valence-corrected chi connectivity index (χ4v) is 3.47. The topological polar surface area (TPSA) is 77.0 Å². The van der Waals surface area contributed by atoms with E-state index in [0.717, 1.165) is 21.3 Å². The Kier molecular flexibility index (Phi) is 5.58. The molecule has 0 aliphatic rings. The normalized spacial score (nSPS) is 11.8. The molecule has 1 N–H and O–H groups in total. The molecule has 3 aromatic heterocycles. The second-order valence-electron chi connectivity index (χ2n) is 5.98. The summed E-state index contributed by atoms with van der Waals surface area (Å²) in [6, 6.07) is 9.35. The van der Waals surface area contributed by atoms with Gasteiger partial charge in [0.15, 0.2) is 0 Å². The summed E-state index contributed by atoms with van der Waals surface area (Å²) in [7, 11) is 1.62. The molecule has 0 aromatic carbocycles. The van der Waals surface area contributed by atoms with Crippen molar-refractivity contribution < 1.29 is 9.53 Å². The van der Waals surface area contributed by atoms with Gasteiger partial charge in [0.25, 0.3) is 0 Å². The Balaban J connectivity index is 1.79. The second kappa shape index (κ2) is 8.05. The summed E-state index contributed by atoms with van der Waals surface area (Å²) in [6.07, 6.45) is 3.99. The van der Waals surface area contributed by atoms with Gasteiger partial charge in [0.05, 0.1) is 22.7 Å². The van der Waals surface area contributed by atoms with Gasteiger partial charge in [-0.05, 0) is 25.1 Å². The molecule has 26 heavy (non-hydrogen) atoms. The zero-order valence-corrected chi connectivity index (χ0v) is 15.7. The number of thiazole rings is 1. The molecule has 3 rings (SSSR count). The van der Waals surface area contributed by atoms with Gasteiger partial charge >= 0.3 is 0 Å². The minimum Gasteiger partial charge on any atom is -0.497 e. The first-order chi connectivity index (χ1) is 12.5. The van der Waals surface area contributed by atoms with E-state index in [1.165, 1.54) is 0 Å². The van der Waals surface area contributed by atoms with Crippen LogP contribution in [0.15, 0.2) is 42.7 Å². The fourth-order valence-electron chi connectivity index (χ4n) is 2.53. The number of nitrogens with one attached hydrogen (secondary N) is 1. The molecule has 3 heterocycles. The van der Waals surface area contributed by atoms with Crippen molar-refractivity contribution in [3.8, 4) is 16.3 Å². The standard InChI is InChI=1S/C19H20N4O2S/c1-12(9-13(2)24)19-21-11-16(26-19)15-5-4-6-17(22-15)23-18-10-14(25-3)7-8-20-18/h4-8,10-12H,9H2,1-3H3,(H,20,22,23). The van der Waals surface area contributed by atoms with Crippen LogP contribution in [0.1, 0.15) is 31.2 Å². The zero-order valence-electron chi connectivity index (χ0n) is 14.9. The fraction of sp³-hybridized carbons (Fsp3) is 0.263. The van der Waals surface area contributed by atoms with E-state index in [2.05, 4.69) is 20.3 Å². The van der Waals surface area contributed by atoms with Crippen LogP contribution in [0.25, 0.3) is 10.6 Å². The smallest absolute Gasteiger partial charge is 0.135 e. The molecule has 0 aliphatic carbocycles. The van der Waals surface area contributed by atoms with Gasteiger partial charge in [-0.25, -0.2) is 15.0 Å². The van der Waals surface area contributed by atoms with Gasteiger partial charge in [-0.1, -0.05) is 13.0 Å². The predicted octanol–water partition coefficient (Wildman–Crippen LogP) is 4.43. The number of nitrogens with zero attached hydrogens (tertiary/aromatic N) is 3. The summed E-state index contributed by atoms with van der Waals surface area (Å²) in [6.45, 7) is 3.62. The number of hydrogen-bond donors (Lipinski definition) is 1. The minimum absolute atomic E-state index is 0.119. The zero-order chi connectivity index (χ0) is 18.5. The second-order valence-corrected chi connectivity index (χ2v) is 7.05. The lowest BCUT2D eigenvalue weighted by Gasteiger charge is -2.07. The molecule has 0 radical (unpaired) electrons. The van der Waals surface area contributed by atoms with Crippen molar-refractivity contribution in [3.63, 3.8) is 0 Å². The van der Waals surface area contributed by atoms with Crippen molar-refractivity contribution in [3.05, 3.63) is 47.7 Å². The molecule has 3 aromatic rings. The maximum absolute atomic E-state index is 11.3. The third-order valence-electron chi connectivity index (χ3n) is 3.76. The van der Waals surface area contributed by atoms with E-state index in [1.807, 2.05) is 37.4 Å². The quantitative estimate of drug-likeness (QED) is 0.664. The third kappa shape index (κ3) is 4.43. The minimum atomic E-state index is 0.119. The van der Waals surface area contributed by atoms with Gasteiger partial charge in [0.2, 0.25) is 0 Å². The van der Waals surface area contributed by atoms with E-state index < -0.39 is 0 Å². The molecular weight excluding hydrogens is 348 g/mol. The Morgan fingerprint density at radius 1 is 1.27 bits per heavy atom. The van der Waals surface area contributed by atoms with Crippen LogP contribution >= 0.6 is 11.3 Å². The van der Waals surface area contributed by atoms with Gasteiger partial charge in [-0.2, -0.15) is 0 Å². The first-order valence-corrected chi connectivity index (χ1v) is 9.06. The summed E-state index contributed by atoms with van der Waals surface area (Å²) < 4.78 is 5.21. The van der Waals surface area contributed by atoms with Crippen molar-refractivity contribution in [1.29, 1.82) is 0 Å². The molecule has 0 saturated heterocycles. The Bertz CT molecular complexity index is 910. The number of anilines is 2. The van der Waals surface area contributed by atoms with Crippen LogP contribution in [0.5, 0.6) is 5.75 Å². The highest BCUT2D eigenvalue weighted by Gasteiger charge is 2.14. The SMILES string of the molecule is COc1ccnc(Nc2cccc(-c3cnc(C(C)CC(C)=O)s3)n2)c1. The highest BCUT2D eigenvalue weighted by Crippen LogP contribution is 2.31. The van der Waals surface area contributed by atoms with Gasteiger partial charge in [0, 0.05) is 30.8 Å². The number of pyridine rings is 2. The number of ketones is 1. The van der Waals surface area contributed by atoms with Crippen LogP contribution in [0.4, 0.5) is 11.6 Å². The molecule has 6 nitrogen and oxygen atoms in total. The van der Waals surface area contributed by atoms with E-state index in [0.29, 0.717) is 18.1 Å². The number of ether oxygens (including phenoxy) is 1. The van der Waals surface area contributed by atoms with Crippen molar-refractivity contribution in [2.45, 2.75) is 26.2 Å². The molecule has 7 heteroatoms. The van der Waals surface area contributed by atoms with Crippen LogP contribution in [-0.2, 0) is 4.79 Å². The number of carbonyl (C=O) groups is 1. The van der Waals surface area contributed by atoms with E-state index in [4.69, 9.17) is 4.74 Å². The highest BCUT2D eigenvalue weighted by atomic mass is 32.1. The van der Waals surface area contributed by atoms with Gasteiger partial charge in [-0.15, -0.1) is 11.3 Å². The molecule has 1 unspecified atom stereocenters. The Hall–Kier alpha value is -2.80. The van der Waals surface area contributed by atoms with Crippen molar-refractivity contribution >= 4 is 28.8 Å². The van der Waals surface area contributed by atoms with Crippen LogP contribution in [0.3, 0.4) is 0 Å². The monoisotopic (exact) mass is 368 g/mol. The summed E-state index contributed by atoms with van der Waals surface area (Å²) >= 11 is 1.57. The van der Waals surface area contributed by atoms with Crippen LogP contribution < -0.4 is 10.1 Å². The first-order valence-electron chi connectivity index (χ1n) is 8.25. The van der Waals surface area contributed by atoms with Gasteiger partial charge in [0.1, 0.15) is 23.2 Å². The number of Topliss-reactive ketones (excluding diaryl/α,β-unsaturated/α-hetero) is 1. The van der Waals surface area contributed by atoms with Gasteiger partial charge < -0.3 is 14.8 Å². The summed E-state index contributed by atoms with van der Waals surface area (Å²) in [4.78, 5) is 25.6. The Morgan fingerprint density at radius 2 is 2.12 bits per heavy atom. The molecule has 0 spiro atoms. The summed E-state index contributed by atoms with van der Waals surface area (Å²) in [5, 5.41) is 4.13. The van der Waals surface area contributed by atoms with Crippen molar-refractivity contribution in [1.82, 2.24) is 15.0 Å². The Morgan fingerprint density at radius 3 is 2.88 bits per heavy atom. The number of hydrogen-bond acceptors (Lipinski definition) is 7. The van der Waals surface area contributed by atoms with E-state index in [9.17, 15) is 4.79 Å². The molecule has 0 bridgehead atoms. The van der Waals surface area contributed by atoms with E-state index in [1.54, 1.807) is 37.6 Å². The average Bonchev–Trinajstić information content (AvgIpc) is 3.12. The van der Waals surface area contributed by atoms with Crippen LogP contribution in [-0.4, -0.2) is 27.8 Å². The Labute approximate surface area is 156 Å². The largest absolute Gasteiger partial charge is 0.497 e. The van der Waals surface area contributed by atoms with Crippen LogP contribution in [0.2, 0.25) is 0 Å². The molecular formula is C19H20N4O2S. The lowest BCUT2D eigenvalue weighted by Crippen LogP contribution is -1.99. The van der Waals surface area contributed by atoms with Gasteiger partial charge in [-0.3, -0.25) is 0 Å². The maximum atomic E-state index is 11.3. The van der Waals surface area contributed by atoms with Crippen LogP contribution in [0, 0.1) is 0 Å². The number of rotatable bonds is 7. The van der Waals surface area contributed by atoms with E-state index in [-0.39, 0.29) is 11.7 Å². The molecule has 1 atom stereocenters. The maximum Gasteiger partial charge on any atom is 0.135 e. The molecule has 0 aliphatic heterocycles. The summed E-state index contributed by atoms with van der Waals surface area (Å²) in [5.74, 6) is 2.37. The highest BCUT2D eigenvalue weighted by molar-refractivity contribution is 7.15. The lowest BCUT2D eigenvalue weighted by atomic mass is 10.1. The van der Waals surface area contributed by atoms with Crippen molar-refractivity contribution in [2.24, 2.45) is 0 Å². The average molecular weight is 368 g/mol. The third-order valence-corrected chi connectivity index (χ3v) is 5.01. The predicted molar refractivity (Wildman–Crippen MR) is 103 cm³/mol. The molecule has 0 fully saturated rings. The number of carbonyl (C=O) groups excluding carboxylic acids is 1. The molecule has 134 valence electrons. The first kappa shape index (κ1) is 18.0. The van der Waals surface area contributed by atoms with Crippen molar-refractivity contribution in [2.75, 3.05) is 12.4 Å². The number of aromatic nitrogens is 3.